The fourth-order valence-electron chi connectivity index (χ4n) is 6.45. The molecule has 0 saturated carbocycles. The highest BCUT2D eigenvalue weighted by Crippen LogP contribution is 2.45. The van der Waals surface area contributed by atoms with Crippen LogP contribution in [0.15, 0.2) is 30.6 Å². The van der Waals surface area contributed by atoms with E-state index in [1.54, 1.807) is 6.33 Å². The van der Waals surface area contributed by atoms with Gasteiger partial charge in [-0.3, -0.25) is 4.79 Å². The van der Waals surface area contributed by atoms with Gasteiger partial charge in [0.25, 0.3) is 0 Å². The zero-order chi connectivity index (χ0) is 24.1. The van der Waals surface area contributed by atoms with Gasteiger partial charge in [-0.15, -0.1) is 24.8 Å². The normalized spacial score (nSPS) is 26.7. The maximum absolute atomic E-state index is 13.5. The number of nitrogens with zero attached hydrogens (tertiary/aromatic N) is 4. The first-order valence-electron chi connectivity index (χ1n) is 12.7. The van der Waals surface area contributed by atoms with E-state index in [1.807, 2.05) is 19.1 Å². The predicted octanol–water partition coefficient (Wildman–Crippen LogP) is 5.51. The predicted molar refractivity (Wildman–Crippen MR) is 151 cm³/mol. The Hall–Kier alpha value is -1.60. The third-order valence-electron chi connectivity index (χ3n) is 8.19. The minimum absolute atomic E-state index is 0. The van der Waals surface area contributed by atoms with Crippen LogP contribution in [-0.2, 0) is 16.8 Å². The number of hydrogen-bond donors (Lipinski definition) is 1. The fraction of sp³-hybridized carbons (Fsp3) is 0.593. The lowest BCUT2D eigenvalue weighted by molar-refractivity contribution is -0.140. The van der Waals surface area contributed by atoms with E-state index in [-0.39, 0.29) is 42.3 Å². The first-order chi connectivity index (χ1) is 16.2. The molecule has 3 aliphatic rings. The molecule has 36 heavy (non-hydrogen) atoms. The number of aromatic nitrogens is 2. The summed E-state index contributed by atoms with van der Waals surface area (Å²) in [6.45, 7) is 10.9. The van der Waals surface area contributed by atoms with Crippen LogP contribution in [0, 0.1) is 0 Å². The molecule has 1 aromatic heterocycles. The van der Waals surface area contributed by atoms with E-state index in [1.165, 1.54) is 11.3 Å². The second kappa shape index (κ2) is 11.0. The average molecular weight is 555 g/mol. The maximum Gasteiger partial charge on any atom is 0.223 e. The molecule has 6 nitrogen and oxygen atoms in total. The van der Waals surface area contributed by atoms with E-state index in [2.05, 4.69) is 53.0 Å². The number of carbonyl (C=O) groups is 1. The van der Waals surface area contributed by atoms with Crippen molar-refractivity contribution in [3.8, 4) is 0 Å². The number of amides is 1. The van der Waals surface area contributed by atoms with E-state index in [0.29, 0.717) is 30.5 Å². The lowest BCUT2D eigenvalue weighted by atomic mass is 9.77. The number of benzene rings is 1. The van der Waals surface area contributed by atoms with Gasteiger partial charge in [0.15, 0.2) is 0 Å². The molecular formula is C27H38Cl3N5O. The van der Waals surface area contributed by atoms with Gasteiger partial charge in [-0.2, -0.15) is 0 Å². The molecule has 1 amide bonds. The lowest BCUT2D eigenvalue weighted by Gasteiger charge is -2.55. The fourth-order valence-corrected chi connectivity index (χ4v) is 6.64. The average Bonchev–Trinajstić information content (AvgIpc) is 3.40. The van der Waals surface area contributed by atoms with E-state index in [4.69, 9.17) is 16.6 Å². The second-order valence-corrected chi connectivity index (χ2v) is 11.3. The Morgan fingerprint density at radius 2 is 1.97 bits per heavy atom. The van der Waals surface area contributed by atoms with Crippen LogP contribution in [0.2, 0.25) is 5.02 Å². The summed E-state index contributed by atoms with van der Waals surface area (Å²) >= 11 is 6.54. The topological polar surface area (TPSA) is 61.4 Å². The summed E-state index contributed by atoms with van der Waals surface area (Å²) in [5, 5.41) is 4.61. The van der Waals surface area contributed by atoms with Crippen molar-refractivity contribution in [2.45, 2.75) is 82.8 Å². The molecule has 0 unspecified atom stereocenters. The summed E-state index contributed by atoms with van der Waals surface area (Å²) in [6, 6.07) is 8.24. The van der Waals surface area contributed by atoms with Gasteiger partial charge < -0.3 is 15.1 Å². The van der Waals surface area contributed by atoms with Gasteiger partial charge in [-0.25, -0.2) is 9.97 Å². The molecule has 198 valence electrons. The molecule has 9 heteroatoms. The molecule has 1 aliphatic carbocycles. The molecule has 3 heterocycles. The largest absolute Gasteiger partial charge is 0.352 e. The van der Waals surface area contributed by atoms with Crippen LogP contribution in [0.5, 0.6) is 0 Å². The Morgan fingerprint density at radius 3 is 2.64 bits per heavy atom. The minimum Gasteiger partial charge on any atom is -0.352 e. The van der Waals surface area contributed by atoms with Crippen molar-refractivity contribution in [2.24, 2.45) is 0 Å². The number of halogens is 3. The number of carbonyl (C=O) groups excluding carboxylic acids is 1. The Kier molecular flexibility index (Phi) is 8.87. The second-order valence-electron chi connectivity index (χ2n) is 10.9. The summed E-state index contributed by atoms with van der Waals surface area (Å²) < 4.78 is 0. The third kappa shape index (κ3) is 4.94. The van der Waals surface area contributed by atoms with Crippen molar-refractivity contribution in [1.82, 2.24) is 20.2 Å². The van der Waals surface area contributed by atoms with Gasteiger partial charge in [-0.05, 0) is 63.1 Å². The van der Waals surface area contributed by atoms with Gasteiger partial charge in [0.2, 0.25) is 5.91 Å². The number of anilines is 1. The summed E-state index contributed by atoms with van der Waals surface area (Å²) in [6.07, 6.45) is 6.39. The van der Waals surface area contributed by atoms with Crippen LogP contribution in [0.4, 0.5) is 5.82 Å². The summed E-state index contributed by atoms with van der Waals surface area (Å²) in [5.41, 5.74) is 3.05. The van der Waals surface area contributed by atoms with E-state index in [9.17, 15) is 4.79 Å². The Bertz CT molecular complexity index is 1100. The highest BCUT2D eigenvalue weighted by atomic mass is 35.5. The molecule has 2 aromatic rings. The molecule has 2 saturated heterocycles. The number of hydrogen-bond acceptors (Lipinski definition) is 5. The first kappa shape index (κ1) is 29.0. The monoisotopic (exact) mass is 553 g/mol. The number of nitrogens with one attached hydrogen (secondary N) is 1. The minimum atomic E-state index is -0.538. The SMILES string of the molecule is CCC(=O)N1CCN(c2ncnc3c2[C@H](C)CC3)C[C@@]1(c1cccc(Cl)c1)[C@@H]1CCC(C)(C)N1.Cl.Cl. The Balaban J connectivity index is 0.00000180. The van der Waals surface area contributed by atoms with Gasteiger partial charge in [0.05, 0.1) is 0 Å². The highest BCUT2D eigenvalue weighted by molar-refractivity contribution is 6.30. The maximum atomic E-state index is 13.5. The molecule has 0 spiro atoms. The van der Waals surface area contributed by atoms with Crippen LogP contribution >= 0.6 is 36.4 Å². The number of rotatable bonds is 4. The Morgan fingerprint density at radius 1 is 1.19 bits per heavy atom. The van der Waals surface area contributed by atoms with Crippen molar-refractivity contribution < 1.29 is 4.79 Å². The molecule has 3 atom stereocenters. The third-order valence-corrected chi connectivity index (χ3v) is 8.42. The van der Waals surface area contributed by atoms with Crippen LogP contribution in [-0.4, -0.2) is 52.0 Å². The van der Waals surface area contributed by atoms with Crippen molar-refractivity contribution in [3.63, 3.8) is 0 Å². The van der Waals surface area contributed by atoms with Gasteiger partial charge in [0.1, 0.15) is 17.7 Å². The molecule has 2 fully saturated rings. The highest BCUT2D eigenvalue weighted by Gasteiger charge is 2.54. The summed E-state index contributed by atoms with van der Waals surface area (Å²) in [4.78, 5) is 27.4. The van der Waals surface area contributed by atoms with Gasteiger partial charge in [0, 0.05) is 53.9 Å². The zero-order valence-electron chi connectivity index (χ0n) is 21.6. The van der Waals surface area contributed by atoms with Crippen LogP contribution in [0.25, 0.3) is 0 Å². The van der Waals surface area contributed by atoms with Gasteiger partial charge >= 0.3 is 0 Å². The van der Waals surface area contributed by atoms with Crippen molar-refractivity contribution in [3.05, 3.63) is 52.4 Å². The molecule has 1 aromatic carbocycles. The van der Waals surface area contributed by atoms with Crippen molar-refractivity contribution >= 4 is 48.1 Å². The smallest absolute Gasteiger partial charge is 0.223 e. The van der Waals surface area contributed by atoms with Crippen LogP contribution in [0.1, 0.15) is 76.1 Å². The molecular weight excluding hydrogens is 517 g/mol. The number of fused-ring (bicyclic) bond motifs is 1. The molecule has 0 bridgehead atoms. The van der Waals surface area contributed by atoms with E-state index < -0.39 is 5.54 Å². The van der Waals surface area contributed by atoms with Crippen LogP contribution < -0.4 is 10.2 Å². The van der Waals surface area contributed by atoms with Crippen LogP contribution in [0.3, 0.4) is 0 Å². The first-order valence-corrected chi connectivity index (χ1v) is 13.1. The van der Waals surface area contributed by atoms with Crippen molar-refractivity contribution in [1.29, 1.82) is 0 Å². The quantitative estimate of drug-likeness (QED) is 0.540. The molecule has 2 aliphatic heterocycles. The van der Waals surface area contributed by atoms with Crippen molar-refractivity contribution in [2.75, 3.05) is 24.5 Å². The molecule has 1 N–H and O–H groups in total. The number of aryl methyl sites for hydroxylation is 1. The lowest BCUT2D eigenvalue weighted by Crippen LogP contribution is -2.69. The molecule has 0 radical (unpaired) electrons. The number of piperazine rings is 1. The van der Waals surface area contributed by atoms with E-state index in [0.717, 1.165) is 43.6 Å². The zero-order valence-corrected chi connectivity index (χ0v) is 24.0. The molecule has 5 rings (SSSR count). The summed E-state index contributed by atoms with van der Waals surface area (Å²) in [5.74, 6) is 1.68. The standard InChI is InChI=1S/C27H36ClN5O.2ClH/c1-5-23(34)33-14-13-32(25-24-18(2)9-10-21(24)29-17-30-25)16-27(33,19-7-6-8-20(28)15-19)22-11-12-26(3,4)31-22;;/h6-8,15,17-18,22,31H,5,9-14,16H2,1-4H3;2*1H/t18-,22+,27-;;/m1../s1. The van der Waals surface area contributed by atoms with E-state index >= 15 is 0 Å². The van der Waals surface area contributed by atoms with Gasteiger partial charge in [-0.1, -0.05) is 37.6 Å². The summed E-state index contributed by atoms with van der Waals surface area (Å²) in [7, 11) is 0. The Labute approximate surface area is 232 Å².